The molecular formula is C14H14ClN3O3. The van der Waals surface area contributed by atoms with E-state index in [1.165, 1.54) is 26.5 Å². The average molecular weight is 308 g/mol. The number of anilines is 2. The number of rotatable bonds is 4. The lowest BCUT2D eigenvalue weighted by Crippen LogP contribution is -2.14. The molecular weight excluding hydrogens is 294 g/mol. The van der Waals surface area contributed by atoms with Gasteiger partial charge in [-0.3, -0.25) is 4.79 Å². The van der Waals surface area contributed by atoms with Crippen LogP contribution in [0.5, 0.6) is 11.5 Å². The largest absolute Gasteiger partial charge is 0.493 e. The highest BCUT2D eigenvalue weighted by Gasteiger charge is 2.13. The van der Waals surface area contributed by atoms with Crippen molar-refractivity contribution in [2.75, 3.05) is 25.3 Å². The quantitative estimate of drug-likeness (QED) is 0.848. The zero-order valence-electron chi connectivity index (χ0n) is 11.5. The van der Waals surface area contributed by atoms with Crippen molar-refractivity contribution in [2.45, 2.75) is 0 Å². The maximum atomic E-state index is 12.1. The summed E-state index contributed by atoms with van der Waals surface area (Å²) in [7, 11) is 3.01. The number of carbonyl (C=O) groups is 1. The molecule has 110 valence electrons. The number of halogens is 1. The first-order valence-electron chi connectivity index (χ1n) is 5.99. The van der Waals surface area contributed by atoms with Crippen molar-refractivity contribution in [3.05, 3.63) is 41.2 Å². The normalized spacial score (nSPS) is 10.0. The summed E-state index contributed by atoms with van der Waals surface area (Å²) in [6.45, 7) is 0. The lowest BCUT2D eigenvalue weighted by molar-refractivity contribution is 0.102. The molecule has 0 spiro atoms. The molecule has 0 bridgehead atoms. The molecule has 2 aromatic rings. The molecule has 2 rings (SSSR count). The Labute approximate surface area is 126 Å². The summed E-state index contributed by atoms with van der Waals surface area (Å²) in [6.07, 6.45) is 1.40. The molecule has 0 radical (unpaired) electrons. The van der Waals surface area contributed by atoms with Gasteiger partial charge in [-0.1, -0.05) is 11.6 Å². The van der Waals surface area contributed by atoms with Gasteiger partial charge in [0.05, 0.1) is 30.6 Å². The number of nitrogens with one attached hydrogen (secondary N) is 1. The van der Waals surface area contributed by atoms with Gasteiger partial charge in [-0.15, -0.1) is 0 Å². The summed E-state index contributed by atoms with van der Waals surface area (Å²) in [5, 5.41) is 3.12. The van der Waals surface area contributed by atoms with Crippen molar-refractivity contribution in [1.29, 1.82) is 0 Å². The monoisotopic (exact) mass is 307 g/mol. The minimum atomic E-state index is -0.398. The molecule has 3 N–H and O–H groups in total. The highest BCUT2D eigenvalue weighted by Crippen LogP contribution is 2.34. The van der Waals surface area contributed by atoms with Gasteiger partial charge in [0.25, 0.3) is 5.91 Å². The number of carbonyl (C=O) groups excluding carboxylic acids is 1. The Kier molecular flexibility index (Phi) is 4.49. The minimum absolute atomic E-state index is 0.230. The van der Waals surface area contributed by atoms with E-state index in [0.717, 1.165) is 0 Å². The fourth-order valence-electron chi connectivity index (χ4n) is 1.70. The molecule has 0 aliphatic rings. The SMILES string of the molecule is COc1cc(N)c(NC(=O)c2ccc(Cl)cn2)cc1OC. The van der Waals surface area contributed by atoms with Crippen molar-refractivity contribution in [2.24, 2.45) is 0 Å². The molecule has 1 aromatic carbocycles. The first kappa shape index (κ1) is 14.9. The Morgan fingerprint density at radius 1 is 1.24 bits per heavy atom. The Hall–Kier alpha value is -2.47. The van der Waals surface area contributed by atoms with Crippen molar-refractivity contribution < 1.29 is 14.3 Å². The molecule has 0 aliphatic carbocycles. The molecule has 1 heterocycles. The summed E-state index contributed by atoms with van der Waals surface area (Å²) >= 11 is 5.73. The molecule has 21 heavy (non-hydrogen) atoms. The third-order valence-electron chi connectivity index (χ3n) is 2.76. The van der Waals surface area contributed by atoms with E-state index in [1.807, 2.05) is 0 Å². The molecule has 0 unspecified atom stereocenters. The van der Waals surface area contributed by atoms with Gasteiger partial charge in [0.1, 0.15) is 5.69 Å². The highest BCUT2D eigenvalue weighted by atomic mass is 35.5. The number of nitrogen functional groups attached to an aromatic ring is 1. The van der Waals surface area contributed by atoms with Crippen molar-refractivity contribution in [3.63, 3.8) is 0 Å². The fourth-order valence-corrected chi connectivity index (χ4v) is 1.81. The van der Waals surface area contributed by atoms with Gasteiger partial charge in [-0.05, 0) is 12.1 Å². The van der Waals surface area contributed by atoms with Gasteiger partial charge < -0.3 is 20.5 Å². The van der Waals surface area contributed by atoms with E-state index in [2.05, 4.69) is 10.3 Å². The molecule has 0 fully saturated rings. The molecule has 1 amide bonds. The van der Waals surface area contributed by atoms with Crippen LogP contribution in [0.25, 0.3) is 0 Å². The summed E-state index contributed by atoms with van der Waals surface area (Å²) in [5.74, 6) is 0.550. The molecule has 1 aromatic heterocycles. The van der Waals surface area contributed by atoms with E-state index >= 15 is 0 Å². The molecule has 0 saturated heterocycles. The van der Waals surface area contributed by atoms with Gasteiger partial charge in [-0.2, -0.15) is 0 Å². The number of amides is 1. The first-order valence-corrected chi connectivity index (χ1v) is 6.37. The van der Waals surface area contributed by atoms with E-state index in [1.54, 1.807) is 18.2 Å². The second kappa shape index (κ2) is 6.32. The number of hydrogen-bond donors (Lipinski definition) is 2. The molecule has 6 nitrogen and oxygen atoms in total. The van der Waals surface area contributed by atoms with Crippen LogP contribution < -0.4 is 20.5 Å². The average Bonchev–Trinajstić information content (AvgIpc) is 2.49. The Morgan fingerprint density at radius 3 is 2.48 bits per heavy atom. The number of ether oxygens (including phenoxy) is 2. The third-order valence-corrected chi connectivity index (χ3v) is 2.99. The Balaban J connectivity index is 2.26. The lowest BCUT2D eigenvalue weighted by Gasteiger charge is -2.13. The second-order valence-corrected chi connectivity index (χ2v) is 4.55. The second-order valence-electron chi connectivity index (χ2n) is 4.11. The number of hydrogen-bond acceptors (Lipinski definition) is 5. The maximum absolute atomic E-state index is 12.1. The van der Waals surface area contributed by atoms with Crippen molar-refractivity contribution in [3.8, 4) is 11.5 Å². The van der Waals surface area contributed by atoms with Crippen LogP contribution in [0.4, 0.5) is 11.4 Å². The third kappa shape index (κ3) is 3.35. The summed E-state index contributed by atoms with van der Waals surface area (Å²) in [5.41, 5.74) is 6.88. The van der Waals surface area contributed by atoms with Crippen LogP contribution in [0.1, 0.15) is 10.5 Å². The van der Waals surface area contributed by atoms with Crippen LogP contribution in [0, 0.1) is 0 Å². The van der Waals surface area contributed by atoms with Crippen LogP contribution in [-0.2, 0) is 0 Å². The summed E-state index contributed by atoms with van der Waals surface area (Å²) in [4.78, 5) is 16.0. The molecule has 7 heteroatoms. The van der Waals surface area contributed by atoms with Crippen LogP contribution in [0.15, 0.2) is 30.5 Å². The predicted octanol–water partition coefficient (Wildman–Crippen LogP) is 2.59. The first-order chi connectivity index (χ1) is 10.0. The van der Waals surface area contributed by atoms with Crippen LogP contribution >= 0.6 is 11.6 Å². The van der Waals surface area contributed by atoms with Gasteiger partial charge in [0.15, 0.2) is 11.5 Å². The summed E-state index contributed by atoms with van der Waals surface area (Å²) in [6, 6.07) is 6.27. The highest BCUT2D eigenvalue weighted by molar-refractivity contribution is 6.30. The van der Waals surface area contributed by atoms with Gasteiger partial charge in [0, 0.05) is 18.3 Å². The van der Waals surface area contributed by atoms with E-state index in [9.17, 15) is 4.79 Å². The predicted molar refractivity (Wildman–Crippen MR) is 81.2 cm³/mol. The standard InChI is InChI=1S/C14H14ClN3O3/c1-20-12-5-9(16)11(6-13(12)21-2)18-14(19)10-4-3-8(15)7-17-10/h3-7H,16H2,1-2H3,(H,18,19). The zero-order chi connectivity index (χ0) is 15.4. The maximum Gasteiger partial charge on any atom is 0.274 e. The molecule has 0 saturated carbocycles. The minimum Gasteiger partial charge on any atom is -0.493 e. The van der Waals surface area contributed by atoms with Crippen LogP contribution in [-0.4, -0.2) is 25.1 Å². The number of aromatic nitrogens is 1. The van der Waals surface area contributed by atoms with Crippen molar-refractivity contribution >= 4 is 28.9 Å². The topological polar surface area (TPSA) is 86.5 Å². The lowest BCUT2D eigenvalue weighted by atomic mass is 10.2. The van der Waals surface area contributed by atoms with E-state index in [4.69, 9.17) is 26.8 Å². The molecule has 0 aliphatic heterocycles. The number of nitrogens with zero attached hydrogens (tertiary/aromatic N) is 1. The van der Waals surface area contributed by atoms with E-state index < -0.39 is 5.91 Å². The smallest absolute Gasteiger partial charge is 0.274 e. The molecule has 0 atom stereocenters. The van der Waals surface area contributed by atoms with E-state index in [0.29, 0.717) is 27.9 Å². The van der Waals surface area contributed by atoms with Gasteiger partial charge in [-0.25, -0.2) is 4.98 Å². The fraction of sp³-hybridized carbons (Fsp3) is 0.143. The van der Waals surface area contributed by atoms with Crippen LogP contribution in [0.3, 0.4) is 0 Å². The van der Waals surface area contributed by atoms with E-state index in [-0.39, 0.29) is 5.69 Å². The number of nitrogens with two attached hydrogens (primary N) is 1. The van der Waals surface area contributed by atoms with Gasteiger partial charge >= 0.3 is 0 Å². The zero-order valence-corrected chi connectivity index (χ0v) is 12.3. The number of methoxy groups -OCH3 is 2. The van der Waals surface area contributed by atoms with Crippen molar-refractivity contribution in [1.82, 2.24) is 4.98 Å². The summed E-state index contributed by atoms with van der Waals surface area (Å²) < 4.78 is 10.3. The Morgan fingerprint density at radius 2 is 1.90 bits per heavy atom. The van der Waals surface area contributed by atoms with Gasteiger partial charge in [0.2, 0.25) is 0 Å². The number of benzene rings is 1. The number of pyridine rings is 1. The Bertz CT molecular complexity index is 659. The van der Waals surface area contributed by atoms with Crippen LogP contribution in [0.2, 0.25) is 5.02 Å².